The Balaban J connectivity index is 1.57. The van der Waals surface area contributed by atoms with Gasteiger partial charge in [0.2, 0.25) is 0 Å². The lowest BCUT2D eigenvalue weighted by Gasteiger charge is -2.36. The number of carbonyl (C=O) groups excluding carboxylic acids is 2. The number of anilines is 1. The lowest BCUT2D eigenvalue weighted by molar-refractivity contribution is -0.151. The van der Waals surface area contributed by atoms with E-state index in [0.29, 0.717) is 13.1 Å². The zero-order chi connectivity index (χ0) is 15.5. The molecule has 2 fully saturated rings. The van der Waals surface area contributed by atoms with Crippen molar-refractivity contribution in [2.75, 3.05) is 44.2 Å². The largest absolute Gasteiger partial charge is 0.368 e. The minimum Gasteiger partial charge on any atom is -0.368 e. The number of nitrogens with zero attached hydrogens (tertiary/aromatic N) is 3. The van der Waals surface area contributed by atoms with Crippen molar-refractivity contribution in [2.24, 2.45) is 0 Å². The summed E-state index contributed by atoms with van der Waals surface area (Å²) in [5.41, 5.74) is 2.43. The van der Waals surface area contributed by atoms with Crippen molar-refractivity contribution in [1.82, 2.24) is 9.80 Å². The predicted octanol–water partition coefficient (Wildman–Crippen LogP) is 1.27. The van der Waals surface area contributed by atoms with E-state index >= 15 is 0 Å². The SMILES string of the molecule is Cc1cccc(N2CCN(C(=O)C(=O)N3CCCC3)CC2)c1. The fraction of sp³-hybridized carbons (Fsp3) is 0.529. The number of likely N-dealkylation sites (tertiary alicyclic amines) is 1. The van der Waals surface area contributed by atoms with Crippen LogP contribution in [0.4, 0.5) is 5.69 Å². The van der Waals surface area contributed by atoms with Crippen molar-refractivity contribution >= 4 is 17.5 Å². The highest BCUT2D eigenvalue weighted by Gasteiger charge is 2.30. The topological polar surface area (TPSA) is 43.9 Å². The molecule has 2 saturated heterocycles. The molecule has 1 aromatic carbocycles. The first-order valence-corrected chi connectivity index (χ1v) is 8.05. The van der Waals surface area contributed by atoms with Crippen LogP contribution in [-0.4, -0.2) is 60.9 Å². The van der Waals surface area contributed by atoms with E-state index in [1.807, 2.05) is 0 Å². The van der Waals surface area contributed by atoms with E-state index in [1.165, 1.54) is 11.3 Å². The highest BCUT2D eigenvalue weighted by atomic mass is 16.2. The second kappa shape index (κ2) is 6.38. The molecule has 0 radical (unpaired) electrons. The van der Waals surface area contributed by atoms with Crippen molar-refractivity contribution in [3.63, 3.8) is 0 Å². The number of benzene rings is 1. The Bertz CT molecular complexity index is 559. The molecule has 3 rings (SSSR count). The molecule has 0 atom stereocenters. The highest BCUT2D eigenvalue weighted by molar-refractivity contribution is 6.35. The van der Waals surface area contributed by atoms with Gasteiger partial charge in [0.05, 0.1) is 0 Å². The lowest BCUT2D eigenvalue weighted by Crippen LogP contribution is -2.53. The molecule has 118 valence electrons. The summed E-state index contributed by atoms with van der Waals surface area (Å²) in [6.45, 7) is 6.34. The second-order valence-electron chi connectivity index (χ2n) is 6.12. The van der Waals surface area contributed by atoms with Gasteiger partial charge in [0.15, 0.2) is 0 Å². The Kier molecular flexibility index (Phi) is 4.32. The smallest absolute Gasteiger partial charge is 0.312 e. The van der Waals surface area contributed by atoms with Crippen LogP contribution in [0.15, 0.2) is 24.3 Å². The van der Waals surface area contributed by atoms with Gasteiger partial charge in [-0.25, -0.2) is 0 Å². The molecule has 2 amide bonds. The second-order valence-corrected chi connectivity index (χ2v) is 6.12. The van der Waals surface area contributed by atoms with Crippen LogP contribution in [-0.2, 0) is 9.59 Å². The van der Waals surface area contributed by atoms with Crippen LogP contribution in [0.1, 0.15) is 18.4 Å². The minimum absolute atomic E-state index is 0.318. The maximum Gasteiger partial charge on any atom is 0.312 e. The molecule has 2 aliphatic heterocycles. The summed E-state index contributed by atoms with van der Waals surface area (Å²) in [6, 6.07) is 8.39. The van der Waals surface area contributed by atoms with Gasteiger partial charge < -0.3 is 14.7 Å². The van der Waals surface area contributed by atoms with Gasteiger partial charge >= 0.3 is 11.8 Å². The van der Waals surface area contributed by atoms with Gasteiger partial charge in [0.1, 0.15) is 0 Å². The molecule has 0 spiro atoms. The third-order valence-corrected chi connectivity index (χ3v) is 4.51. The molecule has 0 bridgehead atoms. The Morgan fingerprint density at radius 3 is 2.05 bits per heavy atom. The maximum atomic E-state index is 12.3. The summed E-state index contributed by atoms with van der Waals surface area (Å²) < 4.78 is 0. The van der Waals surface area contributed by atoms with Crippen LogP contribution < -0.4 is 4.90 Å². The van der Waals surface area contributed by atoms with E-state index in [-0.39, 0.29) is 11.8 Å². The molecular weight excluding hydrogens is 278 g/mol. The fourth-order valence-electron chi connectivity index (χ4n) is 3.18. The van der Waals surface area contributed by atoms with Gasteiger partial charge in [0.25, 0.3) is 0 Å². The van der Waals surface area contributed by atoms with Crippen LogP contribution >= 0.6 is 0 Å². The van der Waals surface area contributed by atoms with Crippen molar-refractivity contribution in [2.45, 2.75) is 19.8 Å². The summed E-state index contributed by atoms with van der Waals surface area (Å²) in [5.74, 6) is -0.646. The summed E-state index contributed by atoms with van der Waals surface area (Å²) in [7, 11) is 0. The zero-order valence-electron chi connectivity index (χ0n) is 13.1. The van der Waals surface area contributed by atoms with Crippen LogP contribution in [0.2, 0.25) is 0 Å². The van der Waals surface area contributed by atoms with Crippen LogP contribution in [0, 0.1) is 6.92 Å². The first-order valence-electron chi connectivity index (χ1n) is 8.05. The zero-order valence-corrected chi connectivity index (χ0v) is 13.1. The normalized spacial score (nSPS) is 18.7. The Morgan fingerprint density at radius 1 is 0.864 bits per heavy atom. The van der Waals surface area contributed by atoms with Crippen molar-refractivity contribution in [3.8, 4) is 0 Å². The summed E-state index contributed by atoms with van der Waals surface area (Å²) >= 11 is 0. The maximum absolute atomic E-state index is 12.3. The molecule has 5 heteroatoms. The van der Waals surface area contributed by atoms with E-state index in [4.69, 9.17) is 0 Å². The molecular formula is C17H23N3O2. The molecule has 0 saturated carbocycles. The predicted molar refractivity (Wildman–Crippen MR) is 85.8 cm³/mol. The quantitative estimate of drug-likeness (QED) is 0.734. The molecule has 1 aromatic rings. The van der Waals surface area contributed by atoms with E-state index in [0.717, 1.165) is 39.0 Å². The molecule has 2 heterocycles. The van der Waals surface area contributed by atoms with Crippen LogP contribution in [0.5, 0.6) is 0 Å². The average molecular weight is 301 g/mol. The van der Waals surface area contributed by atoms with E-state index in [2.05, 4.69) is 36.1 Å². The van der Waals surface area contributed by atoms with E-state index in [9.17, 15) is 9.59 Å². The van der Waals surface area contributed by atoms with Gasteiger partial charge in [-0.2, -0.15) is 0 Å². The van der Waals surface area contributed by atoms with Gasteiger partial charge in [-0.1, -0.05) is 12.1 Å². The van der Waals surface area contributed by atoms with Gasteiger partial charge in [-0.15, -0.1) is 0 Å². The van der Waals surface area contributed by atoms with Crippen molar-refractivity contribution < 1.29 is 9.59 Å². The molecule has 2 aliphatic rings. The summed E-state index contributed by atoms with van der Waals surface area (Å²) in [5, 5.41) is 0. The average Bonchev–Trinajstić information content (AvgIpc) is 3.08. The fourth-order valence-corrected chi connectivity index (χ4v) is 3.18. The number of hydrogen-bond acceptors (Lipinski definition) is 3. The van der Waals surface area contributed by atoms with Crippen LogP contribution in [0.3, 0.4) is 0 Å². The third-order valence-electron chi connectivity index (χ3n) is 4.51. The standard InChI is InChI=1S/C17H23N3O2/c1-14-5-4-6-15(13-14)18-9-11-20(12-10-18)17(22)16(21)19-7-2-3-8-19/h4-6,13H,2-3,7-12H2,1H3. The molecule has 22 heavy (non-hydrogen) atoms. The van der Waals surface area contributed by atoms with Crippen molar-refractivity contribution in [3.05, 3.63) is 29.8 Å². The number of amides is 2. The number of carbonyl (C=O) groups is 2. The molecule has 0 aliphatic carbocycles. The van der Waals surface area contributed by atoms with E-state index in [1.54, 1.807) is 9.80 Å². The first-order chi connectivity index (χ1) is 10.6. The Morgan fingerprint density at radius 2 is 1.45 bits per heavy atom. The van der Waals surface area contributed by atoms with Gasteiger partial charge in [-0.05, 0) is 37.5 Å². The Labute approximate surface area is 131 Å². The first kappa shape index (κ1) is 14.9. The third kappa shape index (κ3) is 3.08. The number of hydrogen-bond donors (Lipinski definition) is 0. The monoisotopic (exact) mass is 301 g/mol. The molecule has 0 N–H and O–H groups in total. The Hall–Kier alpha value is -2.04. The lowest BCUT2D eigenvalue weighted by atomic mass is 10.2. The van der Waals surface area contributed by atoms with E-state index < -0.39 is 0 Å². The number of rotatable bonds is 1. The van der Waals surface area contributed by atoms with Gasteiger partial charge in [0, 0.05) is 45.0 Å². The summed E-state index contributed by atoms with van der Waals surface area (Å²) in [4.78, 5) is 30.1. The summed E-state index contributed by atoms with van der Waals surface area (Å²) in [6.07, 6.45) is 2.03. The van der Waals surface area contributed by atoms with Crippen molar-refractivity contribution in [1.29, 1.82) is 0 Å². The molecule has 5 nitrogen and oxygen atoms in total. The van der Waals surface area contributed by atoms with Crippen LogP contribution in [0.25, 0.3) is 0 Å². The minimum atomic E-state index is -0.328. The number of aryl methyl sites for hydroxylation is 1. The number of piperazine rings is 1. The molecule has 0 unspecified atom stereocenters. The van der Waals surface area contributed by atoms with Gasteiger partial charge in [-0.3, -0.25) is 9.59 Å². The highest BCUT2D eigenvalue weighted by Crippen LogP contribution is 2.18. The molecule has 0 aromatic heterocycles.